The van der Waals surface area contributed by atoms with Crippen LogP contribution in [0.2, 0.25) is 0 Å². The van der Waals surface area contributed by atoms with Gasteiger partial charge in [-0.3, -0.25) is 14.5 Å². The van der Waals surface area contributed by atoms with Gasteiger partial charge in [0.1, 0.15) is 35.3 Å². The SMILES string of the molecule is Cc1nn(Cc2ccc(F)cc2)c(C)c1NC(=O)c1ccnc2c(OCc3c(F)cccc3F)cccc12. The van der Waals surface area contributed by atoms with E-state index in [-0.39, 0.29) is 23.9 Å². The highest BCUT2D eigenvalue weighted by molar-refractivity contribution is 6.13. The normalized spacial score (nSPS) is 11.1. The number of nitrogens with one attached hydrogen (secondary N) is 1. The Morgan fingerprint density at radius 1 is 0.947 bits per heavy atom. The Kier molecular flexibility index (Phi) is 6.83. The van der Waals surface area contributed by atoms with Crippen molar-refractivity contribution in [1.29, 1.82) is 0 Å². The molecule has 0 atom stereocenters. The summed E-state index contributed by atoms with van der Waals surface area (Å²) in [6.07, 6.45) is 1.48. The van der Waals surface area contributed by atoms with E-state index in [1.54, 1.807) is 48.0 Å². The van der Waals surface area contributed by atoms with E-state index in [1.165, 1.54) is 24.4 Å². The third-order valence-electron chi connectivity index (χ3n) is 6.28. The number of carbonyl (C=O) groups is 1. The lowest BCUT2D eigenvalue weighted by molar-refractivity contribution is 0.102. The molecule has 0 saturated heterocycles. The molecule has 5 rings (SSSR count). The Bertz CT molecular complexity index is 1630. The van der Waals surface area contributed by atoms with Gasteiger partial charge < -0.3 is 10.1 Å². The van der Waals surface area contributed by atoms with Gasteiger partial charge in [0.2, 0.25) is 0 Å². The molecule has 2 aromatic heterocycles. The molecule has 0 saturated carbocycles. The first-order chi connectivity index (χ1) is 18.3. The minimum atomic E-state index is -0.705. The smallest absolute Gasteiger partial charge is 0.256 e. The van der Waals surface area contributed by atoms with Crippen LogP contribution in [0.1, 0.15) is 32.9 Å². The molecule has 0 bridgehead atoms. The molecule has 0 radical (unpaired) electrons. The molecule has 0 aliphatic heterocycles. The predicted octanol–water partition coefficient (Wildman–Crippen LogP) is 6.35. The summed E-state index contributed by atoms with van der Waals surface area (Å²) in [6.45, 7) is 3.73. The van der Waals surface area contributed by atoms with Gasteiger partial charge >= 0.3 is 0 Å². The summed E-state index contributed by atoms with van der Waals surface area (Å²) in [5.74, 6) is -1.80. The largest absolute Gasteiger partial charge is 0.486 e. The molecule has 5 aromatic rings. The first-order valence-electron chi connectivity index (χ1n) is 11.8. The highest BCUT2D eigenvalue weighted by Crippen LogP contribution is 2.29. The van der Waals surface area contributed by atoms with Crippen LogP contribution in [-0.4, -0.2) is 20.7 Å². The quantitative estimate of drug-likeness (QED) is 0.274. The number of para-hydroxylation sites is 1. The fourth-order valence-electron chi connectivity index (χ4n) is 4.26. The van der Waals surface area contributed by atoms with Gasteiger partial charge in [-0.25, -0.2) is 13.2 Å². The first-order valence-corrected chi connectivity index (χ1v) is 11.8. The number of aryl methyl sites for hydroxylation is 1. The maximum Gasteiger partial charge on any atom is 0.256 e. The van der Waals surface area contributed by atoms with E-state index >= 15 is 0 Å². The zero-order chi connectivity index (χ0) is 26.8. The van der Waals surface area contributed by atoms with Crippen molar-refractivity contribution in [1.82, 2.24) is 14.8 Å². The Morgan fingerprint density at radius 2 is 1.66 bits per heavy atom. The lowest BCUT2D eigenvalue weighted by atomic mass is 10.1. The lowest BCUT2D eigenvalue weighted by Crippen LogP contribution is -2.14. The van der Waals surface area contributed by atoms with Crippen molar-refractivity contribution in [2.45, 2.75) is 27.0 Å². The molecule has 0 spiro atoms. The standard InChI is InChI=1S/C29H23F3N4O2/c1-17-27(18(2)36(35-17)15-19-9-11-20(30)12-10-19)34-29(37)22-13-14-33-28-21(22)5-3-8-26(28)38-16-23-24(31)6-4-7-25(23)32/h3-14H,15-16H2,1-2H3,(H,34,37). The first kappa shape index (κ1) is 25.0. The van der Waals surface area contributed by atoms with Gasteiger partial charge in [-0.05, 0) is 55.8 Å². The fourth-order valence-corrected chi connectivity index (χ4v) is 4.26. The number of rotatable bonds is 7. The minimum Gasteiger partial charge on any atom is -0.486 e. The van der Waals surface area contributed by atoms with Crippen LogP contribution in [0.25, 0.3) is 10.9 Å². The summed E-state index contributed by atoms with van der Waals surface area (Å²) >= 11 is 0. The third kappa shape index (κ3) is 4.95. The van der Waals surface area contributed by atoms with Gasteiger partial charge in [0, 0.05) is 11.6 Å². The number of pyridine rings is 1. The van der Waals surface area contributed by atoms with Crippen molar-refractivity contribution >= 4 is 22.5 Å². The minimum absolute atomic E-state index is 0.193. The number of fused-ring (bicyclic) bond motifs is 1. The van der Waals surface area contributed by atoms with Crippen molar-refractivity contribution in [2.24, 2.45) is 0 Å². The van der Waals surface area contributed by atoms with Crippen molar-refractivity contribution in [3.63, 3.8) is 0 Å². The average Bonchev–Trinajstić information content (AvgIpc) is 3.16. The van der Waals surface area contributed by atoms with Gasteiger partial charge in [-0.15, -0.1) is 0 Å². The van der Waals surface area contributed by atoms with Crippen molar-refractivity contribution in [2.75, 3.05) is 5.32 Å². The molecule has 192 valence electrons. The van der Waals surface area contributed by atoms with Crippen molar-refractivity contribution < 1.29 is 22.7 Å². The van der Waals surface area contributed by atoms with Crippen LogP contribution in [-0.2, 0) is 13.2 Å². The van der Waals surface area contributed by atoms with E-state index in [4.69, 9.17) is 4.74 Å². The van der Waals surface area contributed by atoms with Gasteiger partial charge in [0.15, 0.2) is 0 Å². The fraction of sp³-hybridized carbons (Fsp3) is 0.138. The molecule has 1 amide bonds. The number of nitrogens with zero attached hydrogens (tertiary/aromatic N) is 3. The molecule has 1 N–H and O–H groups in total. The molecular formula is C29H23F3N4O2. The number of hydrogen-bond acceptors (Lipinski definition) is 4. The van der Waals surface area contributed by atoms with E-state index in [0.29, 0.717) is 40.1 Å². The van der Waals surface area contributed by atoms with E-state index in [2.05, 4.69) is 15.4 Å². The summed E-state index contributed by atoms with van der Waals surface area (Å²) in [4.78, 5) is 17.7. The van der Waals surface area contributed by atoms with Crippen LogP contribution >= 0.6 is 0 Å². The Balaban J connectivity index is 1.39. The Morgan fingerprint density at radius 3 is 2.39 bits per heavy atom. The van der Waals surface area contributed by atoms with E-state index in [9.17, 15) is 18.0 Å². The molecule has 0 fully saturated rings. The molecule has 6 nitrogen and oxygen atoms in total. The van der Waals surface area contributed by atoms with Gasteiger partial charge in [-0.1, -0.05) is 30.3 Å². The summed E-state index contributed by atoms with van der Waals surface area (Å²) in [5.41, 5.74) is 3.37. The highest BCUT2D eigenvalue weighted by atomic mass is 19.1. The summed E-state index contributed by atoms with van der Waals surface area (Å²) in [5, 5.41) is 8.00. The number of aromatic nitrogens is 3. The van der Waals surface area contributed by atoms with Gasteiger partial charge in [0.25, 0.3) is 5.91 Å². The predicted molar refractivity (Wildman–Crippen MR) is 138 cm³/mol. The number of halogens is 3. The van der Waals surface area contributed by atoms with Gasteiger partial charge in [0.05, 0.1) is 34.7 Å². The van der Waals surface area contributed by atoms with E-state index < -0.39 is 11.6 Å². The Labute approximate surface area is 216 Å². The van der Waals surface area contributed by atoms with E-state index in [1.807, 2.05) is 6.92 Å². The van der Waals surface area contributed by atoms with Crippen LogP contribution in [0.5, 0.6) is 5.75 Å². The molecule has 0 aliphatic rings. The highest BCUT2D eigenvalue weighted by Gasteiger charge is 2.19. The van der Waals surface area contributed by atoms with Gasteiger partial charge in [-0.2, -0.15) is 5.10 Å². The van der Waals surface area contributed by atoms with Crippen molar-refractivity contribution in [3.8, 4) is 5.75 Å². The Hall–Kier alpha value is -4.66. The third-order valence-corrected chi connectivity index (χ3v) is 6.28. The number of benzene rings is 3. The zero-order valence-corrected chi connectivity index (χ0v) is 20.6. The number of carbonyl (C=O) groups excluding carboxylic acids is 1. The molecule has 2 heterocycles. The lowest BCUT2D eigenvalue weighted by Gasteiger charge is -2.12. The van der Waals surface area contributed by atoms with Crippen LogP contribution in [0.4, 0.5) is 18.9 Å². The second-order valence-electron chi connectivity index (χ2n) is 8.78. The summed E-state index contributed by atoms with van der Waals surface area (Å²) in [7, 11) is 0. The topological polar surface area (TPSA) is 69.0 Å². The molecular weight excluding hydrogens is 493 g/mol. The number of amides is 1. The molecule has 9 heteroatoms. The maximum absolute atomic E-state index is 14.0. The second-order valence-corrected chi connectivity index (χ2v) is 8.78. The maximum atomic E-state index is 14.0. The molecule has 0 unspecified atom stereocenters. The number of ether oxygens (including phenoxy) is 1. The number of hydrogen-bond donors (Lipinski definition) is 1. The van der Waals surface area contributed by atoms with E-state index in [0.717, 1.165) is 23.4 Å². The molecule has 38 heavy (non-hydrogen) atoms. The second kappa shape index (κ2) is 10.4. The molecule has 3 aromatic carbocycles. The average molecular weight is 517 g/mol. The molecule has 0 aliphatic carbocycles. The van der Waals surface area contributed by atoms with Crippen molar-refractivity contribution in [3.05, 3.63) is 118 Å². The van der Waals surface area contributed by atoms with Crippen LogP contribution in [0, 0.1) is 31.3 Å². The zero-order valence-electron chi connectivity index (χ0n) is 20.6. The summed E-state index contributed by atoms with van der Waals surface area (Å²) in [6, 6.07) is 16.4. The van der Waals surface area contributed by atoms with Crippen LogP contribution in [0.15, 0.2) is 72.9 Å². The van der Waals surface area contributed by atoms with Crippen LogP contribution in [0.3, 0.4) is 0 Å². The van der Waals surface area contributed by atoms with Crippen LogP contribution < -0.4 is 10.1 Å². The number of anilines is 1. The monoisotopic (exact) mass is 516 g/mol. The summed E-state index contributed by atoms with van der Waals surface area (Å²) < 4.78 is 48.8.